The third-order valence-electron chi connectivity index (χ3n) is 2.91. The highest BCUT2D eigenvalue weighted by molar-refractivity contribution is 7.89. The summed E-state index contributed by atoms with van der Waals surface area (Å²) in [5.74, 6) is 0.0440. The van der Waals surface area contributed by atoms with E-state index >= 15 is 0 Å². The molecule has 6 nitrogen and oxygen atoms in total. The minimum absolute atomic E-state index is 0.0394. The van der Waals surface area contributed by atoms with Crippen LogP contribution >= 0.6 is 11.6 Å². The van der Waals surface area contributed by atoms with Crippen LogP contribution < -0.4 is 4.72 Å². The summed E-state index contributed by atoms with van der Waals surface area (Å²) >= 11 is 5.44. The smallest absolute Gasteiger partial charge is 0.212 e. The van der Waals surface area contributed by atoms with Crippen molar-refractivity contribution < 1.29 is 16.8 Å². The molecule has 0 amide bonds. The molecule has 9 heteroatoms. The maximum Gasteiger partial charge on any atom is 0.215 e. The number of hydrogen-bond acceptors (Lipinski definition) is 4. The normalized spacial score (nSPS) is 20.1. The van der Waals surface area contributed by atoms with E-state index in [1.54, 1.807) is 6.92 Å². The number of hydrogen-bond donors (Lipinski definition) is 1. The molecule has 0 aliphatic carbocycles. The Labute approximate surface area is 114 Å². The maximum absolute atomic E-state index is 11.7. The minimum Gasteiger partial charge on any atom is -0.212 e. The molecule has 0 aromatic carbocycles. The van der Waals surface area contributed by atoms with Crippen molar-refractivity contribution in [2.24, 2.45) is 0 Å². The predicted octanol–water partition coefficient (Wildman–Crippen LogP) is -0.0413. The summed E-state index contributed by atoms with van der Waals surface area (Å²) in [5.41, 5.74) is 0. The van der Waals surface area contributed by atoms with Gasteiger partial charge in [0.2, 0.25) is 20.0 Å². The highest BCUT2D eigenvalue weighted by Crippen LogP contribution is 2.15. The first-order valence-electron chi connectivity index (χ1n) is 5.84. The lowest BCUT2D eigenvalue weighted by Crippen LogP contribution is -2.47. The quantitative estimate of drug-likeness (QED) is 0.696. The molecule has 1 saturated heterocycles. The van der Waals surface area contributed by atoms with E-state index in [1.807, 2.05) is 0 Å². The van der Waals surface area contributed by atoms with Gasteiger partial charge in [0.05, 0.1) is 11.5 Å². The van der Waals surface area contributed by atoms with E-state index in [0.29, 0.717) is 25.9 Å². The summed E-state index contributed by atoms with van der Waals surface area (Å²) in [6.07, 6.45) is 1.00. The van der Waals surface area contributed by atoms with Gasteiger partial charge >= 0.3 is 0 Å². The summed E-state index contributed by atoms with van der Waals surface area (Å²) < 4.78 is 50.2. The van der Waals surface area contributed by atoms with E-state index in [9.17, 15) is 16.8 Å². The molecule has 0 aromatic heterocycles. The van der Waals surface area contributed by atoms with E-state index in [0.717, 1.165) is 0 Å². The average Bonchev–Trinajstić information content (AvgIpc) is 2.29. The van der Waals surface area contributed by atoms with E-state index < -0.39 is 20.0 Å². The Kier molecular flexibility index (Phi) is 5.85. The van der Waals surface area contributed by atoms with Crippen molar-refractivity contribution in [3.63, 3.8) is 0 Å². The van der Waals surface area contributed by atoms with Crippen LogP contribution in [0.5, 0.6) is 0 Å². The van der Waals surface area contributed by atoms with E-state index in [4.69, 9.17) is 11.6 Å². The molecule has 18 heavy (non-hydrogen) atoms. The Morgan fingerprint density at radius 1 is 1.22 bits per heavy atom. The van der Waals surface area contributed by atoms with Gasteiger partial charge in [0.25, 0.3) is 0 Å². The van der Waals surface area contributed by atoms with Crippen LogP contribution in [0.15, 0.2) is 0 Å². The Balaban J connectivity index is 2.52. The Bertz CT molecular complexity index is 455. The fourth-order valence-corrected chi connectivity index (χ4v) is 4.53. The van der Waals surface area contributed by atoms with Gasteiger partial charge in [-0.1, -0.05) is 0 Å². The van der Waals surface area contributed by atoms with Crippen molar-refractivity contribution >= 4 is 31.6 Å². The number of rotatable bonds is 6. The maximum atomic E-state index is 11.7. The number of nitrogens with zero attached hydrogens (tertiary/aromatic N) is 1. The van der Waals surface area contributed by atoms with Gasteiger partial charge in [0.1, 0.15) is 0 Å². The van der Waals surface area contributed by atoms with Crippen molar-refractivity contribution in [3.05, 3.63) is 0 Å². The van der Waals surface area contributed by atoms with Crippen LogP contribution in [0.1, 0.15) is 19.8 Å². The molecule has 1 heterocycles. The summed E-state index contributed by atoms with van der Waals surface area (Å²) in [4.78, 5) is 0. The van der Waals surface area contributed by atoms with Crippen LogP contribution in [0.25, 0.3) is 0 Å². The second kappa shape index (κ2) is 6.51. The van der Waals surface area contributed by atoms with Crippen LogP contribution in [0, 0.1) is 0 Å². The van der Waals surface area contributed by atoms with E-state index in [1.165, 1.54) is 4.31 Å². The molecule has 108 valence electrons. The molecule has 0 aromatic rings. The van der Waals surface area contributed by atoms with Gasteiger partial charge in [-0.05, 0) is 19.8 Å². The fourth-order valence-electron chi connectivity index (χ4n) is 1.82. The molecule has 1 fully saturated rings. The zero-order valence-electron chi connectivity index (χ0n) is 10.3. The number of nitrogens with one attached hydrogen (secondary N) is 1. The van der Waals surface area contributed by atoms with Crippen molar-refractivity contribution in [1.82, 2.24) is 9.03 Å². The van der Waals surface area contributed by atoms with Crippen molar-refractivity contribution in [1.29, 1.82) is 0 Å². The Morgan fingerprint density at radius 3 is 2.22 bits per heavy atom. The second-order valence-corrected chi connectivity index (χ2v) is 8.71. The molecule has 1 rings (SSSR count). The van der Waals surface area contributed by atoms with Crippen molar-refractivity contribution in [2.75, 3.05) is 30.5 Å². The zero-order chi connectivity index (χ0) is 13.8. The summed E-state index contributed by atoms with van der Waals surface area (Å²) in [7, 11) is -6.50. The third kappa shape index (κ3) is 4.65. The van der Waals surface area contributed by atoms with Crippen LogP contribution in [-0.4, -0.2) is 57.7 Å². The van der Waals surface area contributed by atoms with E-state index in [-0.39, 0.29) is 23.4 Å². The molecule has 0 spiro atoms. The van der Waals surface area contributed by atoms with Gasteiger partial charge in [0, 0.05) is 25.0 Å². The molecule has 1 N–H and O–H groups in total. The predicted molar refractivity (Wildman–Crippen MR) is 71.7 cm³/mol. The molecule has 1 aliphatic heterocycles. The highest BCUT2D eigenvalue weighted by atomic mass is 35.5. The first kappa shape index (κ1) is 16.2. The van der Waals surface area contributed by atoms with Gasteiger partial charge in [-0.2, -0.15) is 0 Å². The Hall–Kier alpha value is 0.110. The average molecular weight is 319 g/mol. The summed E-state index contributed by atoms with van der Waals surface area (Å²) in [5, 5.41) is 0. The second-order valence-electron chi connectivity index (χ2n) is 4.20. The summed E-state index contributed by atoms with van der Waals surface area (Å²) in [6.45, 7) is 2.26. The lowest BCUT2D eigenvalue weighted by molar-refractivity contribution is 0.309. The van der Waals surface area contributed by atoms with Gasteiger partial charge < -0.3 is 0 Å². The summed E-state index contributed by atoms with van der Waals surface area (Å²) in [6, 6.07) is -0.169. The van der Waals surface area contributed by atoms with Gasteiger partial charge in [-0.25, -0.2) is 25.9 Å². The molecule has 0 atom stereocenters. The first-order valence-corrected chi connectivity index (χ1v) is 9.64. The van der Waals surface area contributed by atoms with Gasteiger partial charge in [-0.3, -0.25) is 0 Å². The molecule has 0 saturated carbocycles. The monoisotopic (exact) mass is 318 g/mol. The van der Waals surface area contributed by atoms with Crippen LogP contribution in [0.2, 0.25) is 0 Å². The lowest BCUT2D eigenvalue weighted by Gasteiger charge is -2.31. The first-order chi connectivity index (χ1) is 8.30. The third-order valence-corrected chi connectivity index (χ3v) is 6.65. The van der Waals surface area contributed by atoms with Crippen molar-refractivity contribution in [2.45, 2.75) is 25.8 Å². The Morgan fingerprint density at radius 2 is 1.78 bits per heavy atom. The largest absolute Gasteiger partial charge is 0.215 e. The lowest BCUT2D eigenvalue weighted by atomic mass is 10.1. The molecule has 0 bridgehead atoms. The molecular formula is C9H19ClN2O4S2. The molecular weight excluding hydrogens is 300 g/mol. The minimum atomic E-state index is -3.28. The van der Waals surface area contributed by atoms with Crippen LogP contribution in [-0.2, 0) is 20.0 Å². The van der Waals surface area contributed by atoms with Gasteiger partial charge in [-0.15, -0.1) is 11.6 Å². The SMILES string of the molecule is CCS(=O)(=O)NC1CCN(S(=O)(=O)CCCl)CC1. The topological polar surface area (TPSA) is 83.6 Å². The van der Waals surface area contributed by atoms with Crippen LogP contribution in [0.4, 0.5) is 0 Å². The van der Waals surface area contributed by atoms with Gasteiger partial charge in [0.15, 0.2) is 0 Å². The number of alkyl halides is 1. The standard InChI is InChI=1S/C9H19ClN2O4S2/c1-2-17(13,14)11-9-3-6-12(7-4-9)18(15,16)8-5-10/h9,11H,2-8H2,1H3. The molecule has 0 radical (unpaired) electrons. The number of halogens is 1. The fraction of sp³-hybridized carbons (Fsp3) is 1.00. The highest BCUT2D eigenvalue weighted by Gasteiger charge is 2.28. The molecule has 0 unspecified atom stereocenters. The zero-order valence-corrected chi connectivity index (χ0v) is 12.7. The number of sulfonamides is 2. The molecule has 1 aliphatic rings. The van der Waals surface area contributed by atoms with E-state index in [2.05, 4.69) is 4.72 Å². The van der Waals surface area contributed by atoms with Crippen molar-refractivity contribution in [3.8, 4) is 0 Å². The number of piperidine rings is 1. The van der Waals surface area contributed by atoms with Crippen LogP contribution in [0.3, 0.4) is 0 Å².